The number of rotatable bonds is 16. The van der Waals surface area contributed by atoms with Gasteiger partial charge >= 0.3 is 0 Å². The second-order valence-electron chi connectivity index (χ2n) is 14.1. The van der Waals surface area contributed by atoms with Crippen LogP contribution >= 0.6 is 11.6 Å². The Balaban J connectivity index is 1.27. The van der Waals surface area contributed by atoms with Gasteiger partial charge in [-0.05, 0) is 86.7 Å². The Morgan fingerprint density at radius 2 is 1.82 bits per heavy atom. The summed E-state index contributed by atoms with van der Waals surface area (Å²) in [5.41, 5.74) is 1.81. The number of nitrogens with zero attached hydrogens (tertiary/aromatic N) is 2. The van der Waals surface area contributed by atoms with Crippen LogP contribution in [0.1, 0.15) is 53.9 Å². The molecule has 0 bridgehead atoms. The Morgan fingerprint density at radius 1 is 1.07 bits per heavy atom. The first-order chi connectivity index (χ1) is 26.4. The van der Waals surface area contributed by atoms with Gasteiger partial charge in [-0.2, -0.15) is 0 Å². The summed E-state index contributed by atoms with van der Waals surface area (Å²) in [6.07, 6.45) is 2.93. The Bertz CT molecular complexity index is 2060. The standard InChI is InChI=1S/C39H45ClFN5O8S/c1-52-28-12-7-25(8-13-28)19-33(36(47)38-44-31-5-3-4-6-35(31)54-38)43-37(48)34-21-29(53-23-26-10-11-27(40)20-30(26)41)22-46(34)39(49)32(45-55(2,50)51)14-9-24-15-17-42-18-16-24/h3-8,10-13,20,24,29,32-34,42,45H,9,14-19,21-23H2,1-2H3,(H,43,48)/t29-,32-,33+,34+/m1/s1. The van der Waals surface area contributed by atoms with Gasteiger partial charge in [0.2, 0.25) is 27.6 Å². The van der Waals surface area contributed by atoms with Crippen molar-refractivity contribution in [2.75, 3.05) is 33.0 Å². The molecule has 2 aliphatic heterocycles. The number of hydrogen-bond donors (Lipinski definition) is 3. The predicted molar refractivity (Wildman–Crippen MR) is 204 cm³/mol. The third-order valence-electron chi connectivity index (χ3n) is 10.1. The van der Waals surface area contributed by atoms with Gasteiger partial charge in [-0.1, -0.05) is 41.9 Å². The highest BCUT2D eigenvalue weighted by Crippen LogP contribution is 2.27. The fourth-order valence-electron chi connectivity index (χ4n) is 7.12. The first kappa shape index (κ1) is 40.3. The molecule has 0 spiro atoms. The lowest BCUT2D eigenvalue weighted by Crippen LogP contribution is -2.55. The summed E-state index contributed by atoms with van der Waals surface area (Å²) in [6, 6.07) is 14.6. The molecule has 0 radical (unpaired) electrons. The maximum Gasteiger partial charge on any atom is 0.266 e. The van der Waals surface area contributed by atoms with E-state index in [0.29, 0.717) is 34.8 Å². The van der Waals surface area contributed by atoms with Crippen molar-refractivity contribution in [1.82, 2.24) is 25.2 Å². The summed E-state index contributed by atoms with van der Waals surface area (Å²) in [4.78, 5) is 48.5. The minimum absolute atomic E-state index is 0.000987. The molecule has 16 heteroatoms. The van der Waals surface area contributed by atoms with Crippen molar-refractivity contribution in [3.05, 3.63) is 94.6 Å². The van der Waals surface area contributed by atoms with Crippen LogP contribution in [0.5, 0.6) is 5.75 Å². The Kier molecular flexibility index (Phi) is 13.2. The van der Waals surface area contributed by atoms with Crippen molar-refractivity contribution >= 4 is 50.3 Å². The fourth-order valence-corrected chi connectivity index (χ4v) is 8.02. The van der Waals surface area contributed by atoms with Crippen LogP contribution < -0.4 is 20.1 Å². The van der Waals surface area contributed by atoms with Crippen LogP contribution in [0.3, 0.4) is 0 Å². The van der Waals surface area contributed by atoms with Gasteiger partial charge in [-0.15, -0.1) is 0 Å². The zero-order valence-corrected chi connectivity index (χ0v) is 32.2. The van der Waals surface area contributed by atoms with E-state index in [4.69, 9.17) is 25.5 Å². The molecule has 13 nitrogen and oxygen atoms in total. The van der Waals surface area contributed by atoms with Gasteiger partial charge in [-0.25, -0.2) is 22.5 Å². The van der Waals surface area contributed by atoms with E-state index in [9.17, 15) is 27.2 Å². The van der Waals surface area contributed by atoms with Crippen molar-refractivity contribution in [3.63, 3.8) is 0 Å². The summed E-state index contributed by atoms with van der Waals surface area (Å²) in [6.45, 7) is 1.43. The van der Waals surface area contributed by atoms with Gasteiger partial charge in [0.05, 0.1) is 26.1 Å². The minimum atomic E-state index is -3.83. The van der Waals surface area contributed by atoms with E-state index in [0.717, 1.165) is 32.2 Å². The van der Waals surface area contributed by atoms with E-state index >= 15 is 0 Å². The number of carbonyl (C=O) groups is 3. The second kappa shape index (κ2) is 18.0. The first-order valence-electron chi connectivity index (χ1n) is 18.2. The Morgan fingerprint density at radius 3 is 2.51 bits per heavy atom. The molecule has 1 aromatic heterocycles. The van der Waals surface area contributed by atoms with Crippen molar-refractivity contribution in [1.29, 1.82) is 0 Å². The quantitative estimate of drug-likeness (QED) is 0.138. The number of ether oxygens (including phenoxy) is 2. The highest BCUT2D eigenvalue weighted by molar-refractivity contribution is 7.88. The molecule has 0 saturated carbocycles. The number of likely N-dealkylation sites (tertiary alicyclic amines) is 1. The van der Waals surface area contributed by atoms with E-state index in [1.165, 1.54) is 30.2 Å². The molecular weight excluding hydrogens is 753 g/mol. The number of nitrogens with one attached hydrogen (secondary N) is 3. The number of piperidine rings is 1. The summed E-state index contributed by atoms with van der Waals surface area (Å²) in [5.74, 6) is -1.69. The van der Waals surface area contributed by atoms with E-state index in [1.807, 2.05) is 0 Å². The first-order valence-corrected chi connectivity index (χ1v) is 20.5. The summed E-state index contributed by atoms with van der Waals surface area (Å²) in [7, 11) is -2.30. The van der Waals surface area contributed by atoms with Gasteiger partial charge in [0.1, 0.15) is 35.2 Å². The monoisotopic (exact) mass is 797 g/mol. The summed E-state index contributed by atoms with van der Waals surface area (Å²) < 4.78 is 59.4. The van der Waals surface area contributed by atoms with Gasteiger partial charge in [-0.3, -0.25) is 14.4 Å². The number of oxazole rings is 1. The van der Waals surface area contributed by atoms with Crippen LogP contribution in [0.25, 0.3) is 11.1 Å². The third kappa shape index (κ3) is 10.7. The van der Waals surface area contributed by atoms with Crippen molar-refractivity contribution < 1.29 is 41.1 Å². The van der Waals surface area contributed by atoms with Crippen LogP contribution in [-0.4, -0.2) is 93.1 Å². The minimum Gasteiger partial charge on any atom is -0.497 e. The smallest absolute Gasteiger partial charge is 0.266 e. The largest absolute Gasteiger partial charge is 0.497 e. The average Bonchev–Trinajstić information content (AvgIpc) is 3.81. The third-order valence-corrected chi connectivity index (χ3v) is 11.0. The highest BCUT2D eigenvalue weighted by Gasteiger charge is 2.44. The maximum absolute atomic E-state index is 14.7. The SMILES string of the molecule is COc1ccc(C[C@H](NC(=O)[C@@H]2C[C@@H](OCc3ccc(Cl)cc3F)CN2C(=O)[C@@H](CCC2CCNCC2)NS(C)(=O)=O)C(=O)c2nc3ccccc3o2)cc1. The van der Waals surface area contributed by atoms with Gasteiger partial charge in [0.15, 0.2) is 5.58 Å². The molecule has 4 aromatic rings. The predicted octanol–water partition coefficient (Wildman–Crippen LogP) is 4.42. The normalized spacial score (nSPS) is 18.9. The van der Waals surface area contributed by atoms with Crippen molar-refractivity contribution in [3.8, 4) is 5.75 Å². The molecule has 2 amide bonds. The lowest BCUT2D eigenvalue weighted by molar-refractivity contribution is -0.140. The molecule has 2 fully saturated rings. The van der Waals surface area contributed by atoms with E-state index in [2.05, 4.69) is 20.3 Å². The molecular formula is C39H45ClFN5O8S. The zero-order valence-electron chi connectivity index (χ0n) is 30.6. The molecule has 3 aromatic carbocycles. The number of ketones is 1. The second-order valence-corrected chi connectivity index (χ2v) is 16.3. The van der Waals surface area contributed by atoms with Crippen molar-refractivity contribution in [2.45, 2.75) is 69.4 Å². The van der Waals surface area contributed by atoms with Gasteiger partial charge in [0, 0.05) is 30.0 Å². The number of aromatic nitrogens is 1. The number of amides is 2. The van der Waals surface area contributed by atoms with Crippen LogP contribution in [0.4, 0.5) is 4.39 Å². The Labute approximate surface area is 324 Å². The van der Waals surface area contributed by atoms with E-state index < -0.39 is 57.7 Å². The number of Topliss-reactive ketones (excluding diaryl/α,β-unsaturated/α-hetero) is 1. The number of halogens is 2. The molecule has 4 atom stereocenters. The average molecular weight is 798 g/mol. The molecule has 0 aliphatic carbocycles. The van der Waals surface area contributed by atoms with Gasteiger partial charge in [0.25, 0.3) is 5.89 Å². The fraction of sp³-hybridized carbons (Fsp3) is 0.436. The lowest BCUT2D eigenvalue weighted by atomic mass is 9.91. The van der Waals surface area contributed by atoms with Gasteiger partial charge < -0.3 is 29.4 Å². The number of fused-ring (bicyclic) bond motifs is 1. The number of sulfonamides is 1. The summed E-state index contributed by atoms with van der Waals surface area (Å²) in [5, 5.41) is 6.39. The van der Waals surface area contributed by atoms with Crippen LogP contribution in [0, 0.1) is 11.7 Å². The zero-order chi connectivity index (χ0) is 39.1. The molecule has 0 unspecified atom stereocenters. The number of para-hydroxylation sites is 2. The number of carbonyl (C=O) groups excluding carboxylic acids is 3. The van der Waals surface area contributed by atoms with Crippen LogP contribution in [0.15, 0.2) is 71.1 Å². The van der Waals surface area contributed by atoms with E-state index in [1.54, 1.807) is 48.5 Å². The molecule has 3 N–H and O–H groups in total. The number of benzene rings is 3. The van der Waals surface area contributed by atoms with Crippen LogP contribution in [0.2, 0.25) is 5.02 Å². The number of methoxy groups -OCH3 is 1. The lowest BCUT2D eigenvalue weighted by Gasteiger charge is -2.30. The maximum atomic E-state index is 14.7. The topological polar surface area (TPSA) is 169 Å². The number of hydrogen-bond acceptors (Lipinski definition) is 10. The molecule has 6 rings (SSSR count). The molecule has 2 aliphatic rings. The highest BCUT2D eigenvalue weighted by atomic mass is 35.5. The van der Waals surface area contributed by atoms with Crippen molar-refractivity contribution in [2.24, 2.45) is 5.92 Å². The Hall–Kier alpha value is -4.41. The molecule has 2 saturated heterocycles. The van der Waals surface area contributed by atoms with E-state index in [-0.39, 0.29) is 48.9 Å². The molecule has 55 heavy (non-hydrogen) atoms. The molecule has 3 heterocycles. The van der Waals surface area contributed by atoms with Crippen LogP contribution in [-0.2, 0) is 37.4 Å². The molecule has 294 valence electrons. The summed E-state index contributed by atoms with van der Waals surface area (Å²) >= 11 is 5.93.